The van der Waals surface area contributed by atoms with Gasteiger partial charge in [0.25, 0.3) is 0 Å². The fourth-order valence-electron chi connectivity index (χ4n) is 1.77. The summed E-state index contributed by atoms with van der Waals surface area (Å²) in [5, 5.41) is 9.43. The highest BCUT2D eigenvalue weighted by molar-refractivity contribution is 5.68. The van der Waals surface area contributed by atoms with E-state index in [1.165, 1.54) is 4.90 Å². The summed E-state index contributed by atoms with van der Waals surface area (Å²) in [5.41, 5.74) is 6.55. The van der Waals surface area contributed by atoms with Crippen molar-refractivity contribution in [3.63, 3.8) is 0 Å². The normalized spacial score (nSPS) is 23.8. The zero-order chi connectivity index (χ0) is 12.3. The SMILES string of the molecule is N[C@H]1CN(C(=O)OCc2ccccc2)C[C@@H]1O. The summed E-state index contributed by atoms with van der Waals surface area (Å²) in [6, 6.07) is 9.08. The Morgan fingerprint density at radius 1 is 1.41 bits per heavy atom. The topological polar surface area (TPSA) is 75.8 Å². The molecule has 2 rings (SSSR count). The minimum atomic E-state index is -0.653. The monoisotopic (exact) mass is 236 g/mol. The maximum atomic E-state index is 11.6. The molecule has 1 amide bonds. The molecule has 0 bridgehead atoms. The second kappa shape index (κ2) is 5.16. The molecule has 3 N–H and O–H groups in total. The second-order valence-electron chi connectivity index (χ2n) is 4.18. The number of nitrogens with zero attached hydrogens (tertiary/aromatic N) is 1. The minimum absolute atomic E-state index is 0.238. The van der Waals surface area contributed by atoms with Crippen LogP contribution in [-0.2, 0) is 11.3 Å². The van der Waals surface area contributed by atoms with Gasteiger partial charge in [-0.3, -0.25) is 0 Å². The van der Waals surface area contributed by atoms with E-state index in [1.807, 2.05) is 30.3 Å². The molecule has 17 heavy (non-hydrogen) atoms. The first-order chi connectivity index (χ1) is 8.16. The van der Waals surface area contributed by atoms with Gasteiger partial charge in [-0.2, -0.15) is 0 Å². The van der Waals surface area contributed by atoms with Crippen molar-refractivity contribution in [3.05, 3.63) is 35.9 Å². The van der Waals surface area contributed by atoms with Crippen LogP contribution in [0.15, 0.2) is 30.3 Å². The van der Waals surface area contributed by atoms with E-state index in [1.54, 1.807) is 0 Å². The average Bonchev–Trinajstić information content (AvgIpc) is 2.68. The lowest BCUT2D eigenvalue weighted by atomic mass is 10.2. The number of aliphatic hydroxyl groups is 1. The van der Waals surface area contributed by atoms with Crippen LogP contribution in [-0.4, -0.2) is 41.3 Å². The Morgan fingerprint density at radius 2 is 2.12 bits per heavy atom. The molecule has 92 valence electrons. The molecule has 1 aliphatic rings. The Balaban J connectivity index is 1.82. The number of β-amino-alcohol motifs (C(OH)–C–C–N with tert-alkyl or cyclic N) is 1. The predicted octanol–water partition coefficient (Wildman–Crippen LogP) is 0.327. The van der Waals surface area contributed by atoms with Crippen LogP contribution < -0.4 is 5.73 Å². The van der Waals surface area contributed by atoms with Gasteiger partial charge < -0.3 is 20.5 Å². The van der Waals surface area contributed by atoms with Gasteiger partial charge in [0.15, 0.2) is 0 Å². The van der Waals surface area contributed by atoms with E-state index in [4.69, 9.17) is 10.5 Å². The van der Waals surface area contributed by atoms with Gasteiger partial charge in [0, 0.05) is 6.54 Å². The lowest BCUT2D eigenvalue weighted by molar-refractivity contribution is 0.0971. The Hall–Kier alpha value is -1.59. The van der Waals surface area contributed by atoms with E-state index >= 15 is 0 Å². The summed E-state index contributed by atoms with van der Waals surface area (Å²) >= 11 is 0. The molecule has 1 aromatic rings. The minimum Gasteiger partial charge on any atom is -0.445 e. The molecule has 0 aromatic heterocycles. The average molecular weight is 236 g/mol. The van der Waals surface area contributed by atoms with Crippen molar-refractivity contribution >= 4 is 6.09 Å². The highest BCUT2D eigenvalue weighted by Crippen LogP contribution is 2.10. The summed E-state index contributed by atoms with van der Waals surface area (Å²) in [6.07, 6.45) is -1.08. The molecule has 5 heteroatoms. The van der Waals surface area contributed by atoms with Crippen LogP contribution in [0.25, 0.3) is 0 Å². The van der Waals surface area contributed by atoms with Gasteiger partial charge in [-0.25, -0.2) is 4.79 Å². The zero-order valence-electron chi connectivity index (χ0n) is 9.45. The van der Waals surface area contributed by atoms with Crippen molar-refractivity contribution in [1.29, 1.82) is 0 Å². The molecule has 0 aliphatic carbocycles. The number of nitrogens with two attached hydrogens (primary N) is 1. The van der Waals surface area contributed by atoms with Gasteiger partial charge in [-0.15, -0.1) is 0 Å². The van der Waals surface area contributed by atoms with Gasteiger partial charge >= 0.3 is 6.09 Å². The molecule has 1 heterocycles. The standard InChI is InChI=1S/C12H16N2O3/c13-10-6-14(7-11(10)15)12(16)17-8-9-4-2-1-3-5-9/h1-5,10-11,15H,6-8,13H2/t10-,11-/m0/s1. The highest BCUT2D eigenvalue weighted by Gasteiger charge is 2.32. The molecule has 1 fully saturated rings. The lowest BCUT2D eigenvalue weighted by Crippen LogP contribution is -2.33. The van der Waals surface area contributed by atoms with Crippen molar-refractivity contribution in [2.45, 2.75) is 18.8 Å². The molecule has 0 spiro atoms. The van der Waals surface area contributed by atoms with Crippen molar-refractivity contribution in [2.75, 3.05) is 13.1 Å². The number of likely N-dealkylation sites (tertiary alicyclic amines) is 1. The van der Waals surface area contributed by atoms with Gasteiger partial charge in [0.05, 0.1) is 18.7 Å². The van der Waals surface area contributed by atoms with E-state index in [9.17, 15) is 9.90 Å². The smallest absolute Gasteiger partial charge is 0.410 e. The molecular formula is C12H16N2O3. The maximum absolute atomic E-state index is 11.6. The molecule has 0 unspecified atom stereocenters. The van der Waals surface area contributed by atoms with Crippen LogP contribution in [0.1, 0.15) is 5.56 Å². The van der Waals surface area contributed by atoms with E-state index in [2.05, 4.69) is 0 Å². The third kappa shape index (κ3) is 2.95. The van der Waals surface area contributed by atoms with Gasteiger partial charge in [0.1, 0.15) is 6.61 Å². The van der Waals surface area contributed by atoms with Crippen LogP contribution >= 0.6 is 0 Å². The van der Waals surface area contributed by atoms with Crippen LogP contribution in [0.4, 0.5) is 4.79 Å². The molecule has 1 aromatic carbocycles. The molecule has 2 atom stereocenters. The van der Waals surface area contributed by atoms with Gasteiger partial charge in [0.2, 0.25) is 0 Å². The van der Waals surface area contributed by atoms with Crippen molar-refractivity contribution in [2.24, 2.45) is 5.73 Å². The zero-order valence-corrected chi connectivity index (χ0v) is 9.45. The Bertz CT molecular complexity index is 373. The van der Waals surface area contributed by atoms with Crippen molar-refractivity contribution in [3.8, 4) is 0 Å². The third-order valence-corrected chi connectivity index (χ3v) is 2.80. The van der Waals surface area contributed by atoms with Crippen LogP contribution in [0.5, 0.6) is 0 Å². The van der Waals surface area contributed by atoms with E-state index in [-0.39, 0.29) is 19.2 Å². The van der Waals surface area contributed by atoms with Crippen molar-refractivity contribution < 1.29 is 14.6 Å². The summed E-state index contributed by atoms with van der Waals surface area (Å²) in [5.74, 6) is 0. The number of ether oxygens (including phenoxy) is 1. The molecule has 0 radical (unpaired) electrons. The predicted molar refractivity (Wildman–Crippen MR) is 62.2 cm³/mol. The Kier molecular flexibility index (Phi) is 3.61. The Labute approximate surface area is 99.8 Å². The van der Waals surface area contributed by atoms with E-state index in [0.717, 1.165) is 5.56 Å². The number of hydrogen-bond acceptors (Lipinski definition) is 4. The first kappa shape index (κ1) is 11.9. The number of aliphatic hydroxyl groups excluding tert-OH is 1. The fourth-order valence-corrected chi connectivity index (χ4v) is 1.77. The number of carbonyl (C=O) groups excluding carboxylic acids is 1. The maximum Gasteiger partial charge on any atom is 0.410 e. The number of amides is 1. The molecular weight excluding hydrogens is 220 g/mol. The van der Waals surface area contributed by atoms with Crippen LogP contribution in [0, 0.1) is 0 Å². The number of hydrogen-bond donors (Lipinski definition) is 2. The molecule has 5 nitrogen and oxygen atoms in total. The first-order valence-electron chi connectivity index (χ1n) is 5.56. The summed E-state index contributed by atoms with van der Waals surface area (Å²) in [4.78, 5) is 13.1. The second-order valence-corrected chi connectivity index (χ2v) is 4.18. The first-order valence-corrected chi connectivity index (χ1v) is 5.56. The number of carbonyl (C=O) groups is 1. The van der Waals surface area contributed by atoms with Gasteiger partial charge in [-0.05, 0) is 5.56 Å². The summed E-state index contributed by atoms with van der Waals surface area (Å²) < 4.78 is 5.13. The van der Waals surface area contributed by atoms with Crippen molar-refractivity contribution in [1.82, 2.24) is 4.90 Å². The van der Waals surface area contributed by atoms with Crippen LogP contribution in [0.2, 0.25) is 0 Å². The highest BCUT2D eigenvalue weighted by atomic mass is 16.6. The molecule has 1 saturated heterocycles. The summed E-state index contributed by atoms with van der Waals surface area (Å²) in [7, 11) is 0. The fraction of sp³-hybridized carbons (Fsp3) is 0.417. The summed E-state index contributed by atoms with van der Waals surface area (Å²) in [6.45, 7) is 0.824. The largest absolute Gasteiger partial charge is 0.445 e. The Morgan fingerprint density at radius 3 is 2.71 bits per heavy atom. The molecule has 1 aliphatic heterocycles. The van der Waals surface area contributed by atoms with E-state index < -0.39 is 12.2 Å². The number of benzene rings is 1. The van der Waals surface area contributed by atoms with Crippen LogP contribution in [0.3, 0.4) is 0 Å². The molecule has 0 saturated carbocycles. The third-order valence-electron chi connectivity index (χ3n) is 2.80. The van der Waals surface area contributed by atoms with E-state index in [0.29, 0.717) is 6.54 Å². The lowest BCUT2D eigenvalue weighted by Gasteiger charge is -2.15. The quantitative estimate of drug-likeness (QED) is 0.775. The van der Waals surface area contributed by atoms with Gasteiger partial charge in [-0.1, -0.05) is 30.3 Å². The number of rotatable bonds is 2.